The molecular formula is C22H18N2O6. The number of nitro benzene ring substituents is 1. The summed E-state index contributed by atoms with van der Waals surface area (Å²) in [5, 5.41) is 11.0. The van der Waals surface area contributed by atoms with Gasteiger partial charge in [0, 0.05) is 23.9 Å². The number of carbonyl (C=O) groups excluding carboxylic acids is 2. The summed E-state index contributed by atoms with van der Waals surface area (Å²) in [6.07, 6.45) is 6.39. The maximum absolute atomic E-state index is 12.6. The van der Waals surface area contributed by atoms with Gasteiger partial charge in [0.05, 0.1) is 30.4 Å². The molecular weight excluding hydrogens is 388 g/mol. The minimum atomic E-state index is -0.717. The Morgan fingerprint density at radius 3 is 2.23 bits per heavy atom. The highest BCUT2D eigenvalue weighted by atomic mass is 16.6. The van der Waals surface area contributed by atoms with Crippen LogP contribution in [0.3, 0.4) is 0 Å². The molecule has 2 aromatic rings. The Balaban J connectivity index is 2.20. The number of methoxy groups -OCH3 is 2. The highest BCUT2D eigenvalue weighted by Crippen LogP contribution is 2.35. The molecule has 152 valence electrons. The fourth-order valence-corrected chi connectivity index (χ4v) is 3.04. The monoisotopic (exact) mass is 406 g/mol. The molecule has 0 fully saturated rings. The number of rotatable bonds is 5. The Hall–Kier alpha value is -4.20. The zero-order valence-corrected chi connectivity index (χ0v) is 16.3. The summed E-state index contributed by atoms with van der Waals surface area (Å²) in [6.45, 7) is 0. The summed E-state index contributed by atoms with van der Waals surface area (Å²) in [5.74, 6) is -1.40. The second-order valence-electron chi connectivity index (χ2n) is 6.14. The molecule has 0 aliphatic carbocycles. The molecule has 0 unspecified atom stereocenters. The first kappa shape index (κ1) is 20.5. The minimum Gasteiger partial charge on any atom is -0.465 e. The molecule has 0 bridgehead atoms. The van der Waals surface area contributed by atoms with Gasteiger partial charge in [-0.2, -0.15) is 0 Å². The van der Waals surface area contributed by atoms with Gasteiger partial charge < -0.3 is 14.4 Å². The number of nitrogens with zero attached hydrogens (tertiary/aromatic N) is 2. The van der Waals surface area contributed by atoms with Crippen LogP contribution in [0.1, 0.15) is 0 Å². The van der Waals surface area contributed by atoms with Gasteiger partial charge in [0.2, 0.25) is 0 Å². The maximum atomic E-state index is 12.6. The summed E-state index contributed by atoms with van der Waals surface area (Å²) in [5.41, 5.74) is 1.97. The van der Waals surface area contributed by atoms with Crippen LogP contribution in [0, 0.1) is 10.1 Å². The third-order valence-corrected chi connectivity index (χ3v) is 4.44. The molecule has 0 N–H and O–H groups in total. The lowest BCUT2D eigenvalue weighted by molar-refractivity contribution is -0.384. The highest BCUT2D eigenvalue weighted by molar-refractivity contribution is 6.06. The van der Waals surface area contributed by atoms with Crippen molar-refractivity contribution in [2.75, 3.05) is 19.1 Å². The SMILES string of the molecule is COC(=O)C1=C(C(=O)OC)N(c2ccccc2-c2ccc([N+](=O)[O-])cc2)C=CC=C1. The number of carbonyl (C=O) groups is 2. The van der Waals surface area contributed by atoms with Gasteiger partial charge in [-0.25, -0.2) is 9.59 Å². The van der Waals surface area contributed by atoms with Crippen molar-refractivity contribution in [1.82, 2.24) is 0 Å². The Kier molecular flexibility index (Phi) is 6.07. The third kappa shape index (κ3) is 3.97. The molecule has 0 saturated heterocycles. The van der Waals surface area contributed by atoms with Gasteiger partial charge in [0.15, 0.2) is 0 Å². The lowest BCUT2D eigenvalue weighted by atomic mass is 10.0. The molecule has 30 heavy (non-hydrogen) atoms. The molecule has 0 saturated carbocycles. The molecule has 1 aliphatic rings. The van der Waals surface area contributed by atoms with Crippen molar-refractivity contribution in [3.05, 3.63) is 94.3 Å². The van der Waals surface area contributed by atoms with Crippen molar-refractivity contribution < 1.29 is 24.0 Å². The number of nitro groups is 1. The van der Waals surface area contributed by atoms with Crippen molar-refractivity contribution >= 4 is 23.3 Å². The predicted molar refractivity (Wildman–Crippen MR) is 110 cm³/mol. The minimum absolute atomic E-state index is 0.0105. The molecule has 3 rings (SSSR count). The lowest BCUT2D eigenvalue weighted by Crippen LogP contribution is -2.27. The van der Waals surface area contributed by atoms with E-state index in [1.165, 1.54) is 37.3 Å². The van der Waals surface area contributed by atoms with Gasteiger partial charge >= 0.3 is 11.9 Å². The molecule has 0 atom stereocenters. The molecule has 8 nitrogen and oxygen atoms in total. The average Bonchev–Trinajstić information content (AvgIpc) is 3.01. The smallest absolute Gasteiger partial charge is 0.355 e. The number of hydrogen-bond donors (Lipinski definition) is 0. The van der Waals surface area contributed by atoms with Gasteiger partial charge in [-0.3, -0.25) is 10.1 Å². The van der Waals surface area contributed by atoms with Crippen LogP contribution in [0.15, 0.2) is 84.2 Å². The zero-order chi connectivity index (χ0) is 21.7. The van der Waals surface area contributed by atoms with Crippen LogP contribution in [-0.2, 0) is 19.1 Å². The molecule has 1 aliphatic heterocycles. The molecule has 2 aromatic carbocycles. The first-order chi connectivity index (χ1) is 14.5. The summed E-state index contributed by atoms with van der Waals surface area (Å²) >= 11 is 0. The van der Waals surface area contributed by atoms with Crippen LogP contribution in [0.5, 0.6) is 0 Å². The average molecular weight is 406 g/mol. The Labute approximate surface area is 172 Å². The fraction of sp³-hybridized carbons (Fsp3) is 0.0909. The normalized spacial score (nSPS) is 13.1. The number of allylic oxidation sites excluding steroid dienone is 2. The van der Waals surface area contributed by atoms with Crippen molar-refractivity contribution in [2.45, 2.75) is 0 Å². The summed E-state index contributed by atoms with van der Waals surface area (Å²) in [4.78, 5) is 37.0. The fourth-order valence-electron chi connectivity index (χ4n) is 3.04. The molecule has 0 aromatic heterocycles. The van der Waals surface area contributed by atoms with Crippen LogP contribution in [-0.4, -0.2) is 31.1 Å². The van der Waals surface area contributed by atoms with E-state index >= 15 is 0 Å². The van der Waals surface area contributed by atoms with Crippen LogP contribution >= 0.6 is 0 Å². The number of ether oxygens (including phenoxy) is 2. The lowest BCUT2D eigenvalue weighted by Gasteiger charge is -2.25. The second-order valence-corrected chi connectivity index (χ2v) is 6.14. The van der Waals surface area contributed by atoms with E-state index in [1.807, 2.05) is 12.1 Å². The van der Waals surface area contributed by atoms with E-state index in [2.05, 4.69) is 0 Å². The van der Waals surface area contributed by atoms with Crippen molar-refractivity contribution in [3.63, 3.8) is 0 Å². The maximum Gasteiger partial charge on any atom is 0.355 e. The van der Waals surface area contributed by atoms with Crippen molar-refractivity contribution in [2.24, 2.45) is 0 Å². The van der Waals surface area contributed by atoms with Gasteiger partial charge in [-0.05, 0) is 35.9 Å². The van der Waals surface area contributed by atoms with E-state index in [-0.39, 0.29) is 17.0 Å². The second kappa shape index (κ2) is 8.87. The van der Waals surface area contributed by atoms with E-state index in [0.717, 1.165) is 0 Å². The van der Waals surface area contributed by atoms with Crippen LogP contribution in [0.2, 0.25) is 0 Å². The number of anilines is 1. The van der Waals surface area contributed by atoms with Crippen LogP contribution < -0.4 is 4.90 Å². The first-order valence-electron chi connectivity index (χ1n) is 8.86. The van der Waals surface area contributed by atoms with Gasteiger partial charge in [-0.15, -0.1) is 0 Å². The number of benzene rings is 2. The largest absolute Gasteiger partial charge is 0.465 e. The summed E-state index contributed by atoms with van der Waals surface area (Å²) < 4.78 is 9.75. The van der Waals surface area contributed by atoms with Crippen molar-refractivity contribution in [1.29, 1.82) is 0 Å². The van der Waals surface area contributed by atoms with Crippen molar-refractivity contribution in [3.8, 4) is 11.1 Å². The summed E-state index contributed by atoms with van der Waals surface area (Å²) in [6, 6.07) is 13.2. The number of hydrogen-bond acceptors (Lipinski definition) is 7. The van der Waals surface area contributed by atoms with E-state index in [1.54, 1.807) is 42.6 Å². The molecule has 8 heteroatoms. The topological polar surface area (TPSA) is 99.0 Å². The quantitative estimate of drug-likeness (QED) is 0.424. The molecule has 0 spiro atoms. The predicted octanol–water partition coefficient (Wildman–Crippen LogP) is 3.75. The molecule has 1 heterocycles. The van der Waals surface area contributed by atoms with Gasteiger partial charge in [0.1, 0.15) is 5.70 Å². The van der Waals surface area contributed by atoms with Crippen LogP contribution in [0.4, 0.5) is 11.4 Å². The first-order valence-corrected chi connectivity index (χ1v) is 8.86. The Morgan fingerprint density at radius 1 is 0.933 bits per heavy atom. The number of esters is 2. The standard InChI is InChI=1S/C22H18N2O6/c1-29-21(25)18-8-5-6-14-23(20(18)22(26)30-2)19-9-4-3-7-17(19)15-10-12-16(13-11-15)24(27)28/h3-14H,1-2H3. The van der Waals surface area contributed by atoms with E-state index in [9.17, 15) is 19.7 Å². The molecule has 0 radical (unpaired) electrons. The third-order valence-electron chi connectivity index (χ3n) is 4.44. The van der Waals surface area contributed by atoms with E-state index in [4.69, 9.17) is 9.47 Å². The highest BCUT2D eigenvalue weighted by Gasteiger charge is 2.28. The Morgan fingerprint density at radius 2 is 1.60 bits per heavy atom. The van der Waals surface area contributed by atoms with Gasteiger partial charge in [0.25, 0.3) is 5.69 Å². The molecule has 0 amide bonds. The summed E-state index contributed by atoms with van der Waals surface area (Å²) in [7, 11) is 2.45. The van der Waals surface area contributed by atoms with E-state index in [0.29, 0.717) is 16.8 Å². The Bertz CT molecular complexity index is 1080. The number of non-ortho nitro benzene ring substituents is 1. The zero-order valence-electron chi connectivity index (χ0n) is 16.3. The van der Waals surface area contributed by atoms with Gasteiger partial charge in [-0.1, -0.05) is 24.3 Å². The van der Waals surface area contributed by atoms with Crippen LogP contribution in [0.25, 0.3) is 11.1 Å². The van der Waals surface area contributed by atoms with E-state index < -0.39 is 16.9 Å². The number of para-hydroxylation sites is 1.